The summed E-state index contributed by atoms with van der Waals surface area (Å²) in [6.45, 7) is 0. The van der Waals surface area contributed by atoms with Gasteiger partial charge in [-0.3, -0.25) is 9.59 Å². The minimum absolute atomic E-state index is 0.00741. The first kappa shape index (κ1) is 8.74. The third kappa shape index (κ3) is 1.25. The molecule has 0 unspecified atom stereocenters. The molecule has 0 amide bonds. The van der Waals surface area contributed by atoms with Gasteiger partial charge in [0.05, 0.1) is 0 Å². The predicted molar refractivity (Wildman–Crippen MR) is 49.3 cm³/mol. The molecule has 0 saturated heterocycles. The molecular formula is C10H7NO3. The van der Waals surface area contributed by atoms with Gasteiger partial charge in [-0.2, -0.15) is 0 Å². The second-order valence-corrected chi connectivity index (χ2v) is 3.20. The molecule has 14 heavy (non-hydrogen) atoms. The highest BCUT2D eigenvalue weighted by molar-refractivity contribution is 6.08. The molecule has 2 rings (SSSR count). The highest BCUT2D eigenvalue weighted by atomic mass is 16.3. The molecule has 0 aromatic carbocycles. The van der Waals surface area contributed by atoms with Gasteiger partial charge in [-0.25, -0.2) is 0 Å². The van der Waals surface area contributed by atoms with Crippen molar-refractivity contribution in [3.05, 3.63) is 40.0 Å². The van der Waals surface area contributed by atoms with Gasteiger partial charge >= 0.3 is 0 Å². The van der Waals surface area contributed by atoms with E-state index in [2.05, 4.69) is 5.18 Å². The van der Waals surface area contributed by atoms with Crippen LogP contribution in [0.2, 0.25) is 0 Å². The molecule has 0 saturated carbocycles. The molecule has 0 heterocycles. The van der Waals surface area contributed by atoms with E-state index >= 15 is 0 Å². The van der Waals surface area contributed by atoms with Gasteiger partial charge in [0.15, 0.2) is 5.70 Å². The zero-order chi connectivity index (χ0) is 10.1. The molecule has 0 radical (unpaired) electrons. The van der Waals surface area contributed by atoms with Gasteiger partial charge in [0.2, 0.25) is 5.78 Å². The maximum atomic E-state index is 11.2. The van der Waals surface area contributed by atoms with Crippen molar-refractivity contribution in [2.24, 2.45) is 5.18 Å². The van der Waals surface area contributed by atoms with Gasteiger partial charge in [0.1, 0.15) is 5.78 Å². The van der Waals surface area contributed by atoms with Crippen LogP contribution >= 0.6 is 0 Å². The molecule has 0 aliphatic heterocycles. The summed E-state index contributed by atoms with van der Waals surface area (Å²) in [5.41, 5.74) is 1.13. The lowest BCUT2D eigenvalue weighted by molar-refractivity contribution is -0.117. The first-order valence-electron chi connectivity index (χ1n) is 4.23. The average Bonchev–Trinajstić information content (AvgIpc) is 2.17. The van der Waals surface area contributed by atoms with Crippen molar-refractivity contribution >= 4 is 11.6 Å². The van der Waals surface area contributed by atoms with Crippen LogP contribution in [0, 0.1) is 4.91 Å². The van der Waals surface area contributed by atoms with Crippen LogP contribution in [-0.4, -0.2) is 11.6 Å². The smallest absolute Gasteiger partial charge is 0.208 e. The molecule has 0 aromatic rings. The lowest BCUT2D eigenvalue weighted by atomic mass is 9.87. The van der Waals surface area contributed by atoms with Gasteiger partial charge in [-0.05, 0) is 22.4 Å². The first-order valence-corrected chi connectivity index (χ1v) is 4.23. The molecule has 2 aliphatic carbocycles. The van der Waals surface area contributed by atoms with Crippen molar-refractivity contribution in [3.63, 3.8) is 0 Å². The molecule has 0 N–H and O–H groups in total. The third-order valence-electron chi connectivity index (χ3n) is 2.30. The molecule has 0 atom stereocenters. The fourth-order valence-electron chi connectivity index (χ4n) is 1.60. The quantitative estimate of drug-likeness (QED) is 0.586. The molecular weight excluding hydrogens is 182 g/mol. The number of fused-ring (bicyclic) bond motifs is 1. The maximum absolute atomic E-state index is 11.2. The highest BCUT2D eigenvalue weighted by Crippen LogP contribution is 2.30. The third-order valence-corrected chi connectivity index (χ3v) is 2.30. The summed E-state index contributed by atoms with van der Waals surface area (Å²) < 4.78 is 0. The summed E-state index contributed by atoms with van der Waals surface area (Å²) >= 11 is 0. The Morgan fingerprint density at radius 2 is 2.00 bits per heavy atom. The van der Waals surface area contributed by atoms with E-state index in [0.717, 1.165) is 5.57 Å². The Hall–Kier alpha value is -1.84. The Morgan fingerprint density at radius 1 is 1.21 bits per heavy atom. The Bertz CT molecular complexity index is 427. The summed E-state index contributed by atoms with van der Waals surface area (Å²) in [6.07, 6.45) is 5.16. The van der Waals surface area contributed by atoms with Crippen molar-refractivity contribution in [1.82, 2.24) is 0 Å². The number of ketones is 2. The van der Waals surface area contributed by atoms with Crippen molar-refractivity contribution in [2.75, 3.05) is 0 Å². The second-order valence-electron chi connectivity index (χ2n) is 3.20. The van der Waals surface area contributed by atoms with E-state index in [9.17, 15) is 14.5 Å². The Labute approximate surface area is 80.0 Å². The Kier molecular flexibility index (Phi) is 1.96. The molecule has 0 aromatic heterocycles. The molecule has 4 nitrogen and oxygen atoms in total. The summed E-state index contributed by atoms with van der Waals surface area (Å²) in [6, 6.07) is 0. The lowest BCUT2D eigenvalue weighted by Crippen LogP contribution is -2.14. The summed E-state index contributed by atoms with van der Waals surface area (Å²) in [5.74, 6) is -0.408. The standard InChI is InChI=1S/C10H7NO3/c12-7-3-1-6-2-4-9(13)10(11-14)8(6)5-7/h1-2,4H,3,5H2. The monoisotopic (exact) mass is 189 g/mol. The maximum Gasteiger partial charge on any atom is 0.208 e. The number of nitroso groups, excluding NO2 is 1. The van der Waals surface area contributed by atoms with Crippen molar-refractivity contribution in [3.8, 4) is 0 Å². The summed E-state index contributed by atoms with van der Waals surface area (Å²) in [4.78, 5) is 32.8. The number of nitrogens with zero attached hydrogens (tertiary/aromatic N) is 1. The number of carbonyl (C=O) groups is 2. The predicted octanol–water partition coefficient (Wildman–Crippen LogP) is 1.44. The van der Waals surface area contributed by atoms with E-state index in [1.54, 1.807) is 12.2 Å². The van der Waals surface area contributed by atoms with E-state index < -0.39 is 5.78 Å². The van der Waals surface area contributed by atoms with Crippen LogP contribution in [0.3, 0.4) is 0 Å². The van der Waals surface area contributed by atoms with E-state index in [1.165, 1.54) is 6.08 Å². The number of hydrogen-bond donors (Lipinski definition) is 0. The Balaban J connectivity index is 2.56. The van der Waals surface area contributed by atoms with E-state index in [0.29, 0.717) is 12.0 Å². The molecule has 0 bridgehead atoms. The molecule has 4 heteroatoms. The van der Waals surface area contributed by atoms with Crippen LogP contribution in [0.5, 0.6) is 0 Å². The van der Waals surface area contributed by atoms with Crippen molar-refractivity contribution in [2.45, 2.75) is 12.8 Å². The van der Waals surface area contributed by atoms with Gasteiger partial charge in [0.25, 0.3) is 0 Å². The first-order chi connectivity index (χ1) is 6.72. The average molecular weight is 189 g/mol. The fraction of sp³-hybridized carbons (Fsp3) is 0.200. The van der Waals surface area contributed by atoms with E-state index in [1.807, 2.05) is 0 Å². The number of allylic oxidation sites excluding steroid dienone is 5. The molecule has 2 aliphatic rings. The van der Waals surface area contributed by atoms with Crippen LogP contribution < -0.4 is 0 Å². The highest BCUT2D eigenvalue weighted by Gasteiger charge is 2.25. The Morgan fingerprint density at radius 3 is 2.71 bits per heavy atom. The van der Waals surface area contributed by atoms with Crippen LogP contribution in [0.15, 0.2) is 40.2 Å². The van der Waals surface area contributed by atoms with Gasteiger partial charge in [-0.15, -0.1) is 4.91 Å². The largest absolute Gasteiger partial charge is 0.299 e. The van der Waals surface area contributed by atoms with E-state index in [-0.39, 0.29) is 17.9 Å². The normalized spacial score (nSPS) is 20.7. The van der Waals surface area contributed by atoms with Gasteiger partial charge < -0.3 is 0 Å². The molecule has 70 valence electrons. The molecule has 0 fully saturated rings. The van der Waals surface area contributed by atoms with Crippen LogP contribution in [0.4, 0.5) is 0 Å². The number of carbonyl (C=O) groups excluding carboxylic acids is 2. The minimum Gasteiger partial charge on any atom is -0.299 e. The summed E-state index contributed by atoms with van der Waals surface area (Å²) in [5, 5.41) is 2.68. The topological polar surface area (TPSA) is 63.6 Å². The van der Waals surface area contributed by atoms with Crippen molar-refractivity contribution < 1.29 is 9.59 Å². The van der Waals surface area contributed by atoms with Crippen LogP contribution in [0.25, 0.3) is 0 Å². The zero-order valence-corrected chi connectivity index (χ0v) is 7.32. The second kappa shape index (κ2) is 3.14. The number of hydrogen-bond acceptors (Lipinski definition) is 4. The number of Topliss-reactive ketones (excluding diaryl/α,β-unsaturated/α-hetero) is 1. The minimum atomic E-state index is -0.415. The van der Waals surface area contributed by atoms with Crippen LogP contribution in [0.1, 0.15) is 12.8 Å². The fourth-order valence-corrected chi connectivity index (χ4v) is 1.60. The van der Waals surface area contributed by atoms with E-state index in [4.69, 9.17) is 0 Å². The zero-order valence-electron chi connectivity index (χ0n) is 7.32. The van der Waals surface area contributed by atoms with Gasteiger partial charge in [0, 0.05) is 12.8 Å². The SMILES string of the molecule is O=NC1=C2CC(=O)CC=C2C=CC1=O. The molecule has 0 spiro atoms. The number of rotatable bonds is 1. The van der Waals surface area contributed by atoms with Crippen molar-refractivity contribution in [1.29, 1.82) is 0 Å². The van der Waals surface area contributed by atoms with Crippen LogP contribution in [-0.2, 0) is 9.59 Å². The van der Waals surface area contributed by atoms with Gasteiger partial charge in [-0.1, -0.05) is 12.2 Å². The lowest BCUT2D eigenvalue weighted by Gasteiger charge is -2.17. The summed E-state index contributed by atoms with van der Waals surface area (Å²) in [7, 11) is 0.